The number of nitrogens with zero attached hydrogens (tertiary/aromatic N) is 3. The zero-order chi connectivity index (χ0) is 17.1. The maximum absolute atomic E-state index is 10.9. The van der Waals surface area contributed by atoms with Crippen LogP contribution < -0.4 is 0 Å². The van der Waals surface area contributed by atoms with Gasteiger partial charge in [-0.15, -0.1) is 0 Å². The quantitative estimate of drug-likeness (QED) is 0.725. The highest BCUT2D eigenvalue weighted by Crippen LogP contribution is 2.27. The van der Waals surface area contributed by atoms with Crippen molar-refractivity contribution in [2.75, 3.05) is 5.75 Å². The third kappa shape index (κ3) is 3.17. The minimum absolute atomic E-state index is 0.0867. The van der Waals surface area contributed by atoms with E-state index in [9.17, 15) is 8.42 Å². The first-order valence-corrected chi connectivity index (χ1v) is 9.11. The first-order valence-electron chi connectivity index (χ1n) is 7.75. The molecule has 3 rings (SSSR count). The average molecular weight is 339 g/mol. The third-order valence-corrected chi connectivity index (χ3v) is 4.58. The van der Waals surface area contributed by atoms with Crippen LogP contribution in [-0.2, 0) is 23.5 Å². The van der Waals surface area contributed by atoms with Crippen molar-refractivity contribution >= 4 is 16.2 Å². The van der Waals surface area contributed by atoms with E-state index in [1.165, 1.54) is 0 Å². The Morgan fingerprint density at radius 3 is 2.54 bits per heavy atom. The minimum Gasteiger partial charge on any atom is -0.237 e. The van der Waals surface area contributed by atoms with E-state index in [-0.39, 0.29) is 5.75 Å². The van der Waals surface area contributed by atoms with Crippen LogP contribution in [0.25, 0.3) is 16.6 Å². The monoisotopic (exact) mass is 339 g/mol. The summed E-state index contributed by atoms with van der Waals surface area (Å²) in [5, 5.41) is 13.5. The number of aryl methyl sites for hydroxylation is 2. The van der Waals surface area contributed by atoms with Gasteiger partial charge in [-0.1, -0.05) is 19.1 Å². The van der Waals surface area contributed by atoms with Crippen LogP contribution in [0, 0.1) is 11.3 Å². The van der Waals surface area contributed by atoms with Gasteiger partial charge in [-0.2, -0.15) is 10.4 Å². The summed E-state index contributed by atoms with van der Waals surface area (Å²) in [6.45, 7) is 2.06. The molecule has 24 heavy (non-hydrogen) atoms. The normalized spacial score (nSPS) is 11.0. The summed E-state index contributed by atoms with van der Waals surface area (Å²) in [4.78, 5) is 0. The Kier molecular flexibility index (Phi) is 4.63. The predicted octanol–water partition coefficient (Wildman–Crippen LogP) is 2.59. The van der Waals surface area contributed by atoms with Crippen molar-refractivity contribution in [2.24, 2.45) is 0 Å². The van der Waals surface area contributed by atoms with Crippen molar-refractivity contribution in [3.8, 4) is 17.2 Å². The van der Waals surface area contributed by atoms with E-state index >= 15 is 0 Å². The molecular weight excluding hydrogens is 322 g/mol. The standard InChI is InChI=1S/C18H17N3O2S/c1-2-16-7-8-18-17(14-5-3-13(12-19)4-6-14)11-15(20-21(16)18)9-10-24(22)23/h3-8,11,24H,2,9-10H2,1H3. The molecule has 0 N–H and O–H groups in total. The molecule has 0 aliphatic carbocycles. The van der Waals surface area contributed by atoms with Crippen LogP contribution in [0.3, 0.4) is 0 Å². The zero-order valence-corrected chi connectivity index (χ0v) is 14.2. The fraction of sp³-hybridized carbons (Fsp3) is 0.222. The summed E-state index contributed by atoms with van der Waals surface area (Å²) in [5.74, 6) is 0.0867. The second-order valence-corrected chi connectivity index (χ2v) is 6.63. The lowest BCUT2D eigenvalue weighted by Crippen LogP contribution is -2.05. The van der Waals surface area contributed by atoms with E-state index in [1.807, 2.05) is 34.8 Å². The van der Waals surface area contributed by atoms with Crippen molar-refractivity contribution in [2.45, 2.75) is 19.8 Å². The van der Waals surface area contributed by atoms with Gasteiger partial charge in [-0.25, -0.2) is 12.9 Å². The predicted molar refractivity (Wildman–Crippen MR) is 93.6 cm³/mol. The highest BCUT2D eigenvalue weighted by Gasteiger charge is 2.11. The summed E-state index contributed by atoms with van der Waals surface area (Å²) in [6, 6.07) is 15.5. The fourth-order valence-electron chi connectivity index (χ4n) is 2.74. The average Bonchev–Trinajstić information content (AvgIpc) is 3.02. The van der Waals surface area contributed by atoms with Gasteiger partial charge in [0, 0.05) is 17.7 Å². The number of benzene rings is 1. The van der Waals surface area contributed by atoms with Crippen LogP contribution in [0.1, 0.15) is 23.9 Å². The summed E-state index contributed by atoms with van der Waals surface area (Å²) >= 11 is 0. The van der Waals surface area contributed by atoms with E-state index < -0.39 is 10.7 Å². The second kappa shape index (κ2) is 6.85. The number of aromatic nitrogens is 2. The third-order valence-electron chi connectivity index (χ3n) is 3.99. The van der Waals surface area contributed by atoms with E-state index in [2.05, 4.69) is 18.1 Å². The van der Waals surface area contributed by atoms with Crippen LogP contribution in [0.15, 0.2) is 42.5 Å². The molecule has 0 unspecified atom stereocenters. The lowest BCUT2D eigenvalue weighted by molar-refractivity contribution is 0.613. The van der Waals surface area contributed by atoms with Crippen LogP contribution in [0.2, 0.25) is 0 Å². The molecule has 2 aromatic heterocycles. The molecule has 6 heteroatoms. The molecule has 0 fully saturated rings. The molecule has 0 radical (unpaired) electrons. The van der Waals surface area contributed by atoms with Gasteiger partial charge in [0.2, 0.25) is 0 Å². The van der Waals surface area contributed by atoms with E-state index in [4.69, 9.17) is 5.26 Å². The van der Waals surface area contributed by atoms with Crippen LogP contribution in [-0.4, -0.2) is 23.8 Å². The van der Waals surface area contributed by atoms with Crippen LogP contribution in [0.4, 0.5) is 0 Å². The summed E-state index contributed by atoms with van der Waals surface area (Å²) < 4.78 is 23.7. The number of hydrogen-bond donors (Lipinski definition) is 1. The van der Waals surface area contributed by atoms with E-state index in [1.54, 1.807) is 12.1 Å². The van der Waals surface area contributed by atoms with Crippen molar-refractivity contribution in [1.82, 2.24) is 9.61 Å². The molecular formula is C18H17N3O2S. The molecule has 0 atom stereocenters. The summed E-state index contributed by atoms with van der Waals surface area (Å²) in [7, 11) is -2.42. The van der Waals surface area contributed by atoms with Gasteiger partial charge in [0.05, 0.1) is 28.6 Å². The van der Waals surface area contributed by atoms with Gasteiger partial charge in [0.1, 0.15) is 10.7 Å². The molecule has 122 valence electrons. The van der Waals surface area contributed by atoms with Gasteiger partial charge in [0.25, 0.3) is 0 Å². The Morgan fingerprint density at radius 2 is 1.92 bits per heavy atom. The second-order valence-electron chi connectivity index (χ2n) is 5.52. The van der Waals surface area contributed by atoms with Crippen molar-refractivity contribution in [3.05, 3.63) is 59.4 Å². The molecule has 0 spiro atoms. The molecule has 0 saturated carbocycles. The van der Waals surface area contributed by atoms with Crippen molar-refractivity contribution in [1.29, 1.82) is 5.26 Å². The molecule has 0 aliphatic heterocycles. The van der Waals surface area contributed by atoms with Crippen LogP contribution in [0.5, 0.6) is 0 Å². The van der Waals surface area contributed by atoms with Crippen molar-refractivity contribution < 1.29 is 8.42 Å². The lowest BCUT2D eigenvalue weighted by Gasteiger charge is -2.10. The van der Waals surface area contributed by atoms with Gasteiger partial charge < -0.3 is 0 Å². The number of hydrogen-bond acceptors (Lipinski definition) is 4. The first kappa shape index (κ1) is 16.2. The molecule has 5 nitrogen and oxygen atoms in total. The van der Waals surface area contributed by atoms with Gasteiger partial charge >= 0.3 is 0 Å². The number of rotatable bonds is 5. The number of fused-ring (bicyclic) bond motifs is 1. The summed E-state index contributed by atoms with van der Waals surface area (Å²) in [6.07, 6.45) is 1.23. The SMILES string of the molecule is CCc1ccc2c(-c3ccc(C#N)cc3)cc(CC[SH](=O)=O)nn12. The molecule has 0 bridgehead atoms. The van der Waals surface area contributed by atoms with E-state index in [0.717, 1.165) is 34.5 Å². The Morgan fingerprint density at radius 1 is 1.17 bits per heavy atom. The molecule has 2 heterocycles. The highest BCUT2D eigenvalue weighted by molar-refractivity contribution is 7.72. The highest BCUT2D eigenvalue weighted by atomic mass is 32.2. The summed E-state index contributed by atoms with van der Waals surface area (Å²) in [5.41, 5.74) is 5.38. The Balaban J connectivity index is 2.16. The maximum Gasteiger partial charge on any atom is 0.140 e. The minimum atomic E-state index is -2.42. The molecule has 0 saturated heterocycles. The van der Waals surface area contributed by atoms with Gasteiger partial charge in [-0.05, 0) is 42.3 Å². The number of thiol groups is 1. The van der Waals surface area contributed by atoms with Gasteiger partial charge in [-0.3, -0.25) is 0 Å². The number of nitriles is 1. The Hall–Kier alpha value is -2.65. The smallest absolute Gasteiger partial charge is 0.140 e. The van der Waals surface area contributed by atoms with E-state index in [0.29, 0.717) is 12.0 Å². The lowest BCUT2D eigenvalue weighted by atomic mass is 10.0. The molecule has 0 aliphatic rings. The molecule has 0 amide bonds. The Bertz CT molecular complexity index is 988. The first-order chi connectivity index (χ1) is 11.6. The zero-order valence-electron chi connectivity index (χ0n) is 13.3. The molecule has 1 aromatic carbocycles. The topological polar surface area (TPSA) is 75.2 Å². The van der Waals surface area contributed by atoms with Crippen LogP contribution >= 0.6 is 0 Å². The Labute approximate surface area is 142 Å². The van der Waals surface area contributed by atoms with Gasteiger partial charge in [0.15, 0.2) is 0 Å². The molecule has 3 aromatic rings. The maximum atomic E-state index is 10.9. The van der Waals surface area contributed by atoms with Crippen molar-refractivity contribution in [3.63, 3.8) is 0 Å². The largest absolute Gasteiger partial charge is 0.237 e. The fourth-order valence-corrected chi connectivity index (χ4v) is 3.15.